The summed E-state index contributed by atoms with van der Waals surface area (Å²) < 4.78 is 0. The number of anilines is 2. The fourth-order valence-corrected chi connectivity index (χ4v) is 3.23. The second-order valence-corrected chi connectivity index (χ2v) is 5.24. The maximum Gasteiger partial charge on any atom is 0.0573 e. The van der Waals surface area contributed by atoms with Crippen LogP contribution in [0.5, 0.6) is 0 Å². The molecule has 4 heteroatoms. The van der Waals surface area contributed by atoms with Crippen LogP contribution < -0.4 is 10.2 Å². The third-order valence-corrected chi connectivity index (χ3v) is 4.11. The quantitative estimate of drug-likeness (QED) is 0.870. The van der Waals surface area contributed by atoms with Crippen molar-refractivity contribution in [2.24, 2.45) is 0 Å². The minimum absolute atomic E-state index is 0.670. The van der Waals surface area contributed by atoms with Gasteiger partial charge in [0.05, 0.1) is 23.8 Å². The molecule has 0 spiro atoms. The first-order chi connectivity index (χ1) is 7.81. The van der Waals surface area contributed by atoms with Gasteiger partial charge in [-0.1, -0.05) is 0 Å². The summed E-state index contributed by atoms with van der Waals surface area (Å²) in [6, 6.07) is 2.85. The standard InChI is InChI=1S/C12H19N3S/c1-3-14-10-6-12(8-13-7-10)15(2)11-4-5-16-9-11/h6-8,11,14H,3-5,9H2,1-2H3. The van der Waals surface area contributed by atoms with Crippen LogP contribution in [0.3, 0.4) is 0 Å². The van der Waals surface area contributed by atoms with Gasteiger partial charge in [0.2, 0.25) is 0 Å². The number of thioether (sulfide) groups is 1. The highest BCUT2D eigenvalue weighted by Gasteiger charge is 2.20. The Morgan fingerprint density at radius 1 is 1.56 bits per heavy atom. The lowest BCUT2D eigenvalue weighted by Crippen LogP contribution is -2.31. The average molecular weight is 237 g/mol. The minimum Gasteiger partial charge on any atom is -0.384 e. The molecule has 2 heterocycles. The van der Waals surface area contributed by atoms with E-state index in [1.54, 1.807) is 0 Å². The largest absolute Gasteiger partial charge is 0.384 e. The molecule has 0 aromatic carbocycles. The molecule has 0 bridgehead atoms. The van der Waals surface area contributed by atoms with Crippen molar-refractivity contribution in [3.05, 3.63) is 18.5 Å². The van der Waals surface area contributed by atoms with Crippen molar-refractivity contribution in [3.63, 3.8) is 0 Å². The van der Waals surface area contributed by atoms with E-state index in [9.17, 15) is 0 Å². The fraction of sp³-hybridized carbons (Fsp3) is 0.583. The topological polar surface area (TPSA) is 28.2 Å². The van der Waals surface area contributed by atoms with Crippen LogP contribution >= 0.6 is 11.8 Å². The van der Waals surface area contributed by atoms with Crippen molar-refractivity contribution >= 4 is 23.1 Å². The van der Waals surface area contributed by atoms with Crippen molar-refractivity contribution in [2.45, 2.75) is 19.4 Å². The van der Waals surface area contributed by atoms with E-state index in [2.05, 4.69) is 35.2 Å². The molecule has 2 rings (SSSR count). The van der Waals surface area contributed by atoms with E-state index in [1.807, 2.05) is 24.2 Å². The first-order valence-corrected chi connectivity index (χ1v) is 6.96. The lowest BCUT2D eigenvalue weighted by Gasteiger charge is -2.26. The van der Waals surface area contributed by atoms with Gasteiger partial charge in [0.1, 0.15) is 0 Å². The smallest absolute Gasteiger partial charge is 0.0573 e. The molecule has 1 aromatic heterocycles. The maximum atomic E-state index is 4.28. The zero-order chi connectivity index (χ0) is 11.4. The summed E-state index contributed by atoms with van der Waals surface area (Å²) in [6.07, 6.45) is 5.11. The predicted molar refractivity (Wildman–Crippen MR) is 72.5 cm³/mol. The number of hydrogen-bond donors (Lipinski definition) is 1. The molecule has 1 unspecified atom stereocenters. The number of hydrogen-bond acceptors (Lipinski definition) is 4. The zero-order valence-corrected chi connectivity index (χ0v) is 10.8. The summed E-state index contributed by atoms with van der Waals surface area (Å²) in [6.45, 7) is 3.04. The molecule has 1 N–H and O–H groups in total. The monoisotopic (exact) mass is 237 g/mol. The van der Waals surface area contributed by atoms with Gasteiger partial charge in [0, 0.05) is 25.4 Å². The fourth-order valence-electron chi connectivity index (χ4n) is 1.96. The lowest BCUT2D eigenvalue weighted by atomic mass is 10.2. The Bertz CT molecular complexity index is 337. The Hall–Kier alpha value is -0.900. The number of aromatic nitrogens is 1. The van der Waals surface area contributed by atoms with Crippen LogP contribution in [0.25, 0.3) is 0 Å². The summed E-state index contributed by atoms with van der Waals surface area (Å²) in [4.78, 5) is 6.64. The molecule has 88 valence electrons. The normalized spacial score (nSPS) is 19.8. The lowest BCUT2D eigenvalue weighted by molar-refractivity contribution is 0.699. The molecule has 1 aromatic rings. The van der Waals surface area contributed by atoms with Gasteiger partial charge in [-0.05, 0) is 25.2 Å². The zero-order valence-electron chi connectivity index (χ0n) is 9.94. The summed E-state index contributed by atoms with van der Waals surface area (Å²) in [5, 5.41) is 3.30. The van der Waals surface area contributed by atoms with Crippen LogP contribution in [-0.2, 0) is 0 Å². The Labute approximate surface area is 102 Å². The first kappa shape index (κ1) is 11.6. The molecule has 1 atom stereocenters. The van der Waals surface area contributed by atoms with Crippen LogP contribution in [0.1, 0.15) is 13.3 Å². The van der Waals surface area contributed by atoms with Gasteiger partial charge in [-0.15, -0.1) is 0 Å². The van der Waals surface area contributed by atoms with Gasteiger partial charge in [0.25, 0.3) is 0 Å². The van der Waals surface area contributed by atoms with E-state index in [1.165, 1.54) is 23.6 Å². The highest BCUT2D eigenvalue weighted by atomic mass is 32.2. The molecular weight excluding hydrogens is 218 g/mol. The van der Waals surface area contributed by atoms with Crippen molar-refractivity contribution in [2.75, 3.05) is 35.3 Å². The van der Waals surface area contributed by atoms with Crippen molar-refractivity contribution in [1.29, 1.82) is 0 Å². The van der Waals surface area contributed by atoms with Gasteiger partial charge in [-0.3, -0.25) is 4.98 Å². The van der Waals surface area contributed by atoms with Gasteiger partial charge in [-0.2, -0.15) is 11.8 Å². The molecule has 0 aliphatic carbocycles. The Morgan fingerprint density at radius 3 is 3.12 bits per heavy atom. The van der Waals surface area contributed by atoms with Gasteiger partial charge >= 0.3 is 0 Å². The van der Waals surface area contributed by atoms with Crippen LogP contribution in [0.2, 0.25) is 0 Å². The molecule has 1 aliphatic rings. The van der Waals surface area contributed by atoms with Gasteiger partial charge in [0.15, 0.2) is 0 Å². The summed E-state index contributed by atoms with van der Waals surface area (Å²) in [5.41, 5.74) is 2.32. The van der Waals surface area contributed by atoms with Crippen LogP contribution in [-0.4, -0.2) is 36.1 Å². The third-order valence-electron chi connectivity index (χ3n) is 2.97. The minimum atomic E-state index is 0.670. The first-order valence-electron chi connectivity index (χ1n) is 5.80. The summed E-state index contributed by atoms with van der Waals surface area (Å²) in [5.74, 6) is 2.53. The van der Waals surface area contributed by atoms with E-state index in [-0.39, 0.29) is 0 Å². The summed E-state index contributed by atoms with van der Waals surface area (Å²) in [7, 11) is 2.17. The van der Waals surface area contributed by atoms with Crippen molar-refractivity contribution in [1.82, 2.24) is 4.98 Å². The number of rotatable bonds is 4. The van der Waals surface area contributed by atoms with E-state index >= 15 is 0 Å². The maximum absolute atomic E-state index is 4.28. The van der Waals surface area contributed by atoms with Crippen LogP contribution in [0, 0.1) is 0 Å². The molecule has 1 fully saturated rings. The molecule has 1 saturated heterocycles. The molecular formula is C12H19N3S. The SMILES string of the molecule is CCNc1cncc(N(C)C2CCSC2)c1. The average Bonchev–Trinajstić information content (AvgIpc) is 2.82. The van der Waals surface area contributed by atoms with E-state index in [0.717, 1.165) is 12.2 Å². The second-order valence-electron chi connectivity index (χ2n) is 4.09. The highest BCUT2D eigenvalue weighted by molar-refractivity contribution is 7.99. The molecule has 3 nitrogen and oxygen atoms in total. The summed E-state index contributed by atoms with van der Waals surface area (Å²) >= 11 is 2.04. The van der Waals surface area contributed by atoms with E-state index in [0.29, 0.717) is 6.04 Å². The number of nitrogens with zero attached hydrogens (tertiary/aromatic N) is 2. The molecule has 0 saturated carbocycles. The van der Waals surface area contributed by atoms with Crippen molar-refractivity contribution < 1.29 is 0 Å². The highest BCUT2D eigenvalue weighted by Crippen LogP contribution is 2.26. The van der Waals surface area contributed by atoms with Gasteiger partial charge < -0.3 is 10.2 Å². The third kappa shape index (κ3) is 2.61. The van der Waals surface area contributed by atoms with E-state index in [4.69, 9.17) is 0 Å². The van der Waals surface area contributed by atoms with Gasteiger partial charge in [-0.25, -0.2) is 0 Å². The van der Waals surface area contributed by atoms with Crippen LogP contribution in [0.4, 0.5) is 11.4 Å². The second kappa shape index (κ2) is 5.43. The molecule has 16 heavy (non-hydrogen) atoms. The van der Waals surface area contributed by atoms with Crippen molar-refractivity contribution in [3.8, 4) is 0 Å². The Kier molecular flexibility index (Phi) is 3.93. The molecule has 1 aliphatic heterocycles. The predicted octanol–water partition coefficient (Wildman–Crippen LogP) is 2.46. The number of nitrogens with one attached hydrogen (secondary N) is 1. The number of pyridine rings is 1. The molecule has 0 amide bonds. The van der Waals surface area contributed by atoms with Crippen LogP contribution in [0.15, 0.2) is 18.5 Å². The Morgan fingerprint density at radius 2 is 2.44 bits per heavy atom. The van der Waals surface area contributed by atoms with E-state index < -0.39 is 0 Å². The Balaban J connectivity index is 2.09. The molecule has 0 radical (unpaired) electrons.